The molecule has 0 unspecified atom stereocenters. The summed E-state index contributed by atoms with van der Waals surface area (Å²) in [7, 11) is 1.79. The van der Waals surface area contributed by atoms with E-state index in [1.165, 1.54) is 18.0 Å². The number of benzene rings is 1. The average Bonchev–Trinajstić information content (AvgIpc) is 2.98. The Labute approximate surface area is 155 Å². The smallest absolute Gasteiger partial charge is 0.340 e. The molecule has 6 nitrogen and oxygen atoms in total. The number of esters is 1. The van der Waals surface area contributed by atoms with Crippen molar-refractivity contribution >= 4 is 29.2 Å². The lowest BCUT2D eigenvalue weighted by Gasteiger charge is -2.14. The number of nitriles is 1. The van der Waals surface area contributed by atoms with Crippen LogP contribution in [0.3, 0.4) is 0 Å². The molecule has 26 heavy (non-hydrogen) atoms. The number of carbonyl (C=O) groups is 2. The van der Waals surface area contributed by atoms with Gasteiger partial charge in [0.2, 0.25) is 5.78 Å². The van der Waals surface area contributed by atoms with Crippen LogP contribution < -0.4 is 4.90 Å². The predicted molar refractivity (Wildman–Crippen MR) is 97.6 cm³/mol. The lowest BCUT2D eigenvalue weighted by molar-refractivity contribution is -0.118. The van der Waals surface area contributed by atoms with Gasteiger partial charge >= 0.3 is 5.97 Å². The number of para-hydroxylation sites is 1. The molecular formula is C19H15N3O3S. The summed E-state index contributed by atoms with van der Waals surface area (Å²) >= 11 is 1.35. The molecule has 2 heterocycles. The standard InChI is InChI=1S/C19H15N3O3S/c1-12-7-8-13(10-21-12)19(24)25-11-16(23)14(9-20)18-22(2)15-5-3-4-6-17(15)26-18/h3-8,10H,11H2,1-2H3/b18-14-. The number of hydrogen-bond donors (Lipinski definition) is 0. The Morgan fingerprint density at radius 3 is 2.69 bits per heavy atom. The highest BCUT2D eigenvalue weighted by Crippen LogP contribution is 2.46. The minimum atomic E-state index is -0.649. The molecule has 0 amide bonds. The van der Waals surface area contributed by atoms with Crippen molar-refractivity contribution in [3.63, 3.8) is 0 Å². The highest BCUT2D eigenvalue weighted by molar-refractivity contribution is 8.03. The van der Waals surface area contributed by atoms with Crippen molar-refractivity contribution in [1.82, 2.24) is 4.98 Å². The van der Waals surface area contributed by atoms with E-state index in [4.69, 9.17) is 4.74 Å². The second kappa shape index (κ2) is 7.42. The number of aryl methyl sites for hydroxylation is 1. The van der Waals surface area contributed by atoms with Gasteiger partial charge in [-0.3, -0.25) is 9.78 Å². The van der Waals surface area contributed by atoms with Crippen LogP contribution in [0, 0.1) is 18.3 Å². The number of ether oxygens (including phenoxy) is 1. The summed E-state index contributed by atoms with van der Waals surface area (Å²) in [6.45, 7) is 1.31. The van der Waals surface area contributed by atoms with E-state index in [0.29, 0.717) is 5.03 Å². The number of fused-ring (bicyclic) bond motifs is 1. The van der Waals surface area contributed by atoms with Crippen molar-refractivity contribution in [3.8, 4) is 6.07 Å². The summed E-state index contributed by atoms with van der Waals surface area (Å²) in [5, 5.41) is 9.98. The van der Waals surface area contributed by atoms with E-state index in [-0.39, 0.29) is 11.1 Å². The van der Waals surface area contributed by atoms with Crippen LogP contribution >= 0.6 is 11.8 Å². The maximum absolute atomic E-state index is 12.4. The fourth-order valence-corrected chi connectivity index (χ4v) is 3.59. The van der Waals surface area contributed by atoms with Gasteiger partial charge in [-0.05, 0) is 31.2 Å². The number of rotatable bonds is 4. The molecule has 3 rings (SSSR count). The Morgan fingerprint density at radius 2 is 2.04 bits per heavy atom. The third-order valence-electron chi connectivity index (χ3n) is 3.82. The molecule has 0 bridgehead atoms. The monoisotopic (exact) mass is 365 g/mol. The van der Waals surface area contributed by atoms with Crippen molar-refractivity contribution in [1.29, 1.82) is 5.26 Å². The maximum atomic E-state index is 12.4. The number of thioether (sulfide) groups is 1. The normalized spacial score (nSPS) is 14.4. The van der Waals surface area contributed by atoms with Crippen molar-refractivity contribution in [2.45, 2.75) is 11.8 Å². The van der Waals surface area contributed by atoms with Crippen molar-refractivity contribution < 1.29 is 14.3 Å². The summed E-state index contributed by atoms with van der Waals surface area (Å²) in [6.07, 6.45) is 1.39. The lowest BCUT2D eigenvalue weighted by Crippen LogP contribution is -2.20. The first-order valence-corrected chi connectivity index (χ1v) is 8.61. The van der Waals surface area contributed by atoms with E-state index >= 15 is 0 Å². The highest BCUT2D eigenvalue weighted by Gasteiger charge is 2.28. The second-order valence-electron chi connectivity index (χ2n) is 5.61. The molecule has 130 valence electrons. The molecule has 1 aliphatic heterocycles. The summed E-state index contributed by atoms with van der Waals surface area (Å²) in [5.41, 5.74) is 1.93. The molecule has 0 radical (unpaired) electrons. The summed E-state index contributed by atoms with van der Waals surface area (Å²) in [6, 6.07) is 12.8. The fourth-order valence-electron chi connectivity index (χ4n) is 2.43. The third-order valence-corrected chi connectivity index (χ3v) is 5.06. The number of ketones is 1. The Hall–Kier alpha value is -3.11. The van der Waals surface area contributed by atoms with Crippen molar-refractivity contribution in [3.05, 3.63) is 64.5 Å². The van der Waals surface area contributed by atoms with Gasteiger partial charge in [0.15, 0.2) is 6.61 Å². The van der Waals surface area contributed by atoms with Gasteiger partial charge in [0.25, 0.3) is 0 Å². The van der Waals surface area contributed by atoms with E-state index in [0.717, 1.165) is 16.3 Å². The first kappa shape index (κ1) is 17.7. The predicted octanol–water partition coefficient (Wildman–Crippen LogP) is 3.09. The van der Waals surface area contributed by atoms with Crippen LogP contribution in [0.2, 0.25) is 0 Å². The van der Waals surface area contributed by atoms with E-state index in [2.05, 4.69) is 4.98 Å². The number of carbonyl (C=O) groups excluding carboxylic acids is 2. The van der Waals surface area contributed by atoms with E-state index < -0.39 is 18.4 Å². The zero-order valence-corrected chi connectivity index (χ0v) is 15.0. The van der Waals surface area contributed by atoms with Crippen molar-refractivity contribution in [2.24, 2.45) is 0 Å². The molecular weight excluding hydrogens is 350 g/mol. The minimum absolute atomic E-state index is 0.0245. The molecule has 0 aliphatic carbocycles. The van der Waals surface area contributed by atoms with Crippen LogP contribution in [0.5, 0.6) is 0 Å². The number of anilines is 1. The quantitative estimate of drug-likeness (QED) is 0.468. The molecule has 1 aromatic heterocycles. The largest absolute Gasteiger partial charge is 0.454 e. The molecule has 0 atom stereocenters. The van der Waals surface area contributed by atoms with Crippen LogP contribution in [-0.2, 0) is 9.53 Å². The van der Waals surface area contributed by atoms with Crippen LogP contribution in [0.25, 0.3) is 0 Å². The highest BCUT2D eigenvalue weighted by atomic mass is 32.2. The zero-order chi connectivity index (χ0) is 18.7. The summed E-state index contributed by atoms with van der Waals surface area (Å²) in [5.74, 6) is -1.19. The molecule has 0 N–H and O–H groups in total. The molecule has 0 saturated carbocycles. The lowest BCUT2D eigenvalue weighted by atomic mass is 10.2. The van der Waals surface area contributed by atoms with E-state index in [1.807, 2.05) is 30.3 Å². The molecule has 0 fully saturated rings. The van der Waals surface area contributed by atoms with Gasteiger partial charge in [0.05, 0.1) is 11.3 Å². The van der Waals surface area contributed by atoms with Crippen LogP contribution in [0.4, 0.5) is 5.69 Å². The topological polar surface area (TPSA) is 83.3 Å². The van der Waals surface area contributed by atoms with Gasteiger partial charge in [-0.25, -0.2) is 4.79 Å². The van der Waals surface area contributed by atoms with Gasteiger partial charge in [-0.15, -0.1) is 0 Å². The molecule has 0 spiro atoms. The van der Waals surface area contributed by atoms with Gasteiger partial charge in [-0.2, -0.15) is 5.26 Å². The maximum Gasteiger partial charge on any atom is 0.340 e. The number of aromatic nitrogens is 1. The number of hydrogen-bond acceptors (Lipinski definition) is 7. The second-order valence-corrected chi connectivity index (χ2v) is 6.64. The average molecular weight is 365 g/mol. The fraction of sp³-hybridized carbons (Fsp3) is 0.158. The van der Waals surface area contributed by atoms with Crippen LogP contribution in [0.15, 0.2) is 58.1 Å². The van der Waals surface area contributed by atoms with Crippen LogP contribution in [0.1, 0.15) is 16.1 Å². The van der Waals surface area contributed by atoms with Gasteiger partial charge < -0.3 is 9.64 Å². The third kappa shape index (κ3) is 3.46. The van der Waals surface area contributed by atoms with Gasteiger partial charge in [-0.1, -0.05) is 23.9 Å². The number of Topliss-reactive ketones (excluding diaryl/α,β-unsaturated/α-hetero) is 1. The Kier molecular flexibility index (Phi) is 5.05. The molecule has 2 aromatic rings. The number of nitrogens with zero attached hydrogens (tertiary/aromatic N) is 3. The summed E-state index contributed by atoms with van der Waals surface area (Å²) < 4.78 is 5.04. The first-order chi connectivity index (χ1) is 12.5. The molecule has 1 aromatic carbocycles. The molecule has 1 aliphatic rings. The number of pyridine rings is 1. The summed E-state index contributed by atoms with van der Waals surface area (Å²) in [4.78, 5) is 31.2. The zero-order valence-electron chi connectivity index (χ0n) is 14.2. The Bertz CT molecular complexity index is 945. The Balaban J connectivity index is 1.73. The van der Waals surface area contributed by atoms with E-state index in [9.17, 15) is 14.9 Å². The minimum Gasteiger partial charge on any atom is -0.454 e. The van der Waals surface area contributed by atoms with Gasteiger partial charge in [0, 0.05) is 23.8 Å². The molecule has 0 saturated heterocycles. The Morgan fingerprint density at radius 1 is 1.27 bits per heavy atom. The van der Waals surface area contributed by atoms with E-state index in [1.54, 1.807) is 31.0 Å². The van der Waals surface area contributed by atoms with Crippen LogP contribution in [-0.4, -0.2) is 30.4 Å². The SMILES string of the molecule is Cc1ccc(C(=O)OCC(=O)/C(C#N)=C2\Sc3ccccc3N2C)cn1. The molecule has 7 heteroatoms. The van der Waals surface area contributed by atoms with Gasteiger partial charge in [0.1, 0.15) is 16.7 Å². The first-order valence-electron chi connectivity index (χ1n) is 7.79. The van der Waals surface area contributed by atoms with Crippen molar-refractivity contribution in [2.75, 3.05) is 18.6 Å².